The van der Waals surface area contributed by atoms with Crippen LogP contribution in [0.3, 0.4) is 0 Å². The van der Waals surface area contributed by atoms with Crippen molar-refractivity contribution in [2.45, 2.75) is 13.0 Å². The maximum atomic E-state index is 12.3. The van der Waals surface area contributed by atoms with E-state index in [0.29, 0.717) is 28.8 Å². The molecular weight excluding hydrogens is 491 g/mol. The molecule has 0 saturated carbocycles. The lowest BCUT2D eigenvalue weighted by molar-refractivity contribution is 0.342. The molecule has 0 spiro atoms. The van der Waals surface area contributed by atoms with Gasteiger partial charge in [-0.05, 0) is 48.4 Å². The number of alkyl halides is 1. The predicted octanol–water partition coefficient (Wildman–Crippen LogP) is 5.87. The molecular formula is C25H22Cl2N4O2S. The summed E-state index contributed by atoms with van der Waals surface area (Å²) in [6, 6.07) is 17.4. The minimum absolute atomic E-state index is 0.0325. The number of fused-ring (bicyclic) bond motifs is 1. The van der Waals surface area contributed by atoms with Crippen molar-refractivity contribution in [2.24, 2.45) is 0 Å². The van der Waals surface area contributed by atoms with E-state index in [4.69, 9.17) is 27.9 Å². The highest BCUT2D eigenvalue weighted by Crippen LogP contribution is 2.33. The normalized spacial score (nSPS) is 10.9. The molecule has 2 aromatic carbocycles. The summed E-state index contributed by atoms with van der Waals surface area (Å²) in [7, 11) is 0. The number of halogens is 2. The van der Waals surface area contributed by atoms with Gasteiger partial charge in [-0.2, -0.15) is 5.26 Å². The molecule has 0 aliphatic heterocycles. The molecule has 9 heteroatoms. The Morgan fingerprint density at radius 1 is 1.15 bits per heavy atom. The van der Waals surface area contributed by atoms with Gasteiger partial charge in [0.2, 0.25) is 0 Å². The van der Waals surface area contributed by atoms with E-state index >= 15 is 0 Å². The van der Waals surface area contributed by atoms with Crippen LogP contribution in [0.15, 0.2) is 65.7 Å². The highest BCUT2D eigenvalue weighted by Gasteiger charge is 2.13. The quantitative estimate of drug-likeness (QED) is 0.224. The molecule has 0 fully saturated rings. The molecule has 2 heterocycles. The highest BCUT2D eigenvalue weighted by atomic mass is 35.5. The first-order valence-electron chi connectivity index (χ1n) is 10.6. The molecule has 0 aliphatic carbocycles. The number of hydrogen-bond acceptors (Lipinski definition) is 5. The van der Waals surface area contributed by atoms with Gasteiger partial charge in [0.1, 0.15) is 12.7 Å². The van der Waals surface area contributed by atoms with Crippen LogP contribution in [0.2, 0.25) is 5.02 Å². The average molecular weight is 513 g/mol. The maximum Gasteiger partial charge on any atom is 0.252 e. The third kappa shape index (κ3) is 5.20. The van der Waals surface area contributed by atoms with E-state index in [1.54, 1.807) is 22.8 Å². The van der Waals surface area contributed by atoms with Crippen LogP contribution in [-0.4, -0.2) is 27.9 Å². The number of pyridine rings is 1. The summed E-state index contributed by atoms with van der Waals surface area (Å²) >= 11 is 13.6. The van der Waals surface area contributed by atoms with E-state index in [1.807, 2.05) is 41.4 Å². The number of nitrogens with one attached hydrogen (secondary N) is 1. The Bertz CT molecular complexity index is 1420. The number of nitrogens with zero attached hydrogens (tertiary/aromatic N) is 3. The van der Waals surface area contributed by atoms with E-state index in [0.717, 1.165) is 34.3 Å². The lowest BCUT2D eigenvalue weighted by Gasteiger charge is -2.12. The molecule has 0 atom stereocenters. The van der Waals surface area contributed by atoms with Gasteiger partial charge in [-0.1, -0.05) is 29.6 Å². The average Bonchev–Trinajstić information content (AvgIpc) is 3.26. The van der Waals surface area contributed by atoms with Gasteiger partial charge in [0.15, 0.2) is 5.75 Å². The van der Waals surface area contributed by atoms with Crippen molar-refractivity contribution in [3.05, 3.63) is 87.4 Å². The van der Waals surface area contributed by atoms with Gasteiger partial charge in [0.05, 0.1) is 27.7 Å². The van der Waals surface area contributed by atoms with Crippen LogP contribution in [-0.2, 0) is 13.0 Å². The van der Waals surface area contributed by atoms with Gasteiger partial charge >= 0.3 is 0 Å². The Morgan fingerprint density at radius 2 is 2.00 bits per heavy atom. The number of nitriles is 1. The first-order chi connectivity index (χ1) is 16.5. The Hall–Kier alpha value is -3.05. The number of benzene rings is 2. The zero-order valence-electron chi connectivity index (χ0n) is 18.4. The van der Waals surface area contributed by atoms with Crippen molar-refractivity contribution >= 4 is 51.7 Å². The lowest BCUT2D eigenvalue weighted by atomic mass is 10.1. The van der Waals surface area contributed by atoms with Crippen LogP contribution < -0.4 is 15.0 Å². The molecule has 0 aliphatic rings. The second-order valence-electron chi connectivity index (χ2n) is 7.54. The Labute approximate surface area is 211 Å². The van der Waals surface area contributed by atoms with E-state index in [1.165, 1.54) is 11.9 Å². The summed E-state index contributed by atoms with van der Waals surface area (Å²) in [5.41, 5.74) is 4.01. The molecule has 0 bridgehead atoms. The summed E-state index contributed by atoms with van der Waals surface area (Å²) in [5, 5.41) is 11.0. The summed E-state index contributed by atoms with van der Waals surface area (Å²) < 4.78 is 12.3. The lowest BCUT2D eigenvalue weighted by Crippen LogP contribution is -2.19. The van der Waals surface area contributed by atoms with Crippen LogP contribution in [0.1, 0.15) is 11.1 Å². The van der Waals surface area contributed by atoms with Crippen molar-refractivity contribution in [1.82, 2.24) is 9.13 Å². The zero-order valence-corrected chi connectivity index (χ0v) is 20.8. The van der Waals surface area contributed by atoms with E-state index < -0.39 is 0 Å². The standard InChI is InChI=1S/C25H22Cl2N4O2S/c1-34-29-20-6-9-30(24(32)14-20)8-4-17-2-3-23-18(12-17)5-10-31(23)21-13-19(16-28)25(22(27)15-21)33-11-7-26/h2-3,5-6,9-10,12-15,29H,4,7-8,11H2,1H3. The van der Waals surface area contributed by atoms with Crippen molar-refractivity contribution in [3.63, 3.8) is 0 Å². The van der Waals surface area contributed by atoms with Gasteiger partial charge in [-0.3, -0.25) is 4.79 Å². The molecule has 4 aromatic rings. The molecule has 4 rings (SSSR count). The largest absolute Gasteiger partial charge is 0.489 e. The fourth-order valence-corrected chi connectivity index (χ4v) is 4.49. The third-order valence-electron chi connectivity index (χ3n) is 5.36. The Morgan fingerprint density at radius 3 is 2.74 bits per heavy atom. The number of aryl methyl sites for hydroxylation is 2. The van der Waals surface area contributed by atoms with Crippen molar-refractivity contribution in [1.29, 1.82) is 5.26 Å². The van der Waals surface area contributed by atoms with Crippen molar-refractivity contribution in [2.75, 3.05) is 23.5 Å². The van der Waals surface area contributed by atoms with E-state index in [9.17, 15) is 10.1 Å². The number of rotatable bonds is 9. The zero-order chi connectivity index (χ0) is 24.1. The Kier molecular flexibility index (Phi) is 7.73. The van der Waals surface area contributed by atoms with Crippen LogP contribution in [0.25, 0.3) is 16.6 Å². The summed E-state index contributed by atoms with van der Waals surface area (Å²) in [4.78, 5) is 12.3. The smallest absolute Gasteiger partial charge is 0.252 e. The minimum Gasteiger partial charge on any atom is -0.489 e. The molecule has 0 amide bonds. The minimum atomic E-state index is -0.0325. The number of anilines is 1. The van der Waals surface area contributed by atoms with Crippen LogP contribution in [0.4, 0.5) is 5.69 Å². The summed E-state index contributed by atoms with van der Waals surface area (Å²) in [6.07, 6.45) is 6.40. The molecule has 6 nitrogen and oxygen atoms in total. The first-order valence-corrected chi connectivity index (χ1v) is 12.7. The number of hydrogen-bond donors (Lipinski definition) is 1. The van der Waals surface area contributed by atoms with E-state index in [2.05, 4.69) is 22.9 Å². The first kappa shape index (κ1) is 24.1. The molecule has 34 heavy (non-hydrogen) atoms. The van der Waals surface area contributed by atoms with Gasteiger partial charge in [0, 0.05) is 42.3 Å². The van der Waals surface area contributed by atoms with Gasteiger partial charge in [-0.15, -0.1) is 11.6 Å². The third-order valence-corrected chi connectivity index (χ3v) is 6.24. The van der Waals surface area contributed by atoms with Crippen LogP contribution >= 0.6 is 35.1 Å². The molecule has 0 unspecified atom stereocenters. The summed E-state index contributed by atoms with van der Waals surface area (Å²) in [6.45, 7) is 0.866. The molecule has 1 N–H and O–H groups in total. The molecule has 2 aromatic heterocycles. The summed E-state index contributed by atoms with van der Waals surface area (Å²) in [5.74, 6) is 0.655. The van der Waals surface area contributed by atoms with Crippen molar-refractivity contribution in [3.8, 4) is 17.5 Å². The predicted molar refractivity (Wildman–Crippen MR) is 141 cm³/mol. The van der Waals surface area contributed by atoms with Crippen LogP contribution in [0, 0.1) is 11.3 Å². The van der Waals surface area contributed by atoms with Gasteiger partial charge < -0.3 is 18.6 Å². The SMILES string of the molecule is CSNc1ccn(CCc2ccc3c(ccn3-c3cc(Cl)c(OCCCl)c(C#N)c3)c2)c(=O)c1. The fraction of sp³-hybridized carbons (Fsp3) is 0.200. The second kappa shape index (κ2) is 10.9. The fourth-order valence-electron chi connectivity index (χ4n) is 3.78. The molecule has 0 saturated heterocycles. The van der Waals surface area contributed by atoms with Crippen molar-refractivity contribution < 1.29 is 4.74 Å². The highest BCUT2D eigenvalue weighted by molar-refractivity contribution is 7.99. The monoisotopic (exact) mass is 512 g/mol. The maximum absolute atomic E-state index is 12.3. The van der Waals surface area contributed by atoms with E-state index in [-0.39, 0.29) is 12.2 Å². The van der Waals surface area contributed by atoms with Gasteiger partial charge in [0.25, 0.3) is 5.56 Å². The molecule has 0 radical (unpaired) electrons. The molecule has 174 valence electrons. The van der Waals surface area contributed by atoms with Crippen LogP contribution in [0.5, 0.6) is 5.75 Å². The number of aromatic nitrogens is 2. The topological polar surface area (TPSA) is 72.0 Å². The Balaban J connectivity index is 1.57. The second-order valence-corrected chi connectivity index (χ2v) is 8.93. The number of ether oxygens (including phenoxy) is 1. The van der Waals surface area contributed by atoms with Gasteiger partial charge in [-0.25, -0.2) is 0 Å².